The number of aldehydes is 1. The topological polar surface area (TPSA) is 71.3 Å². The van der Waals surface area contributed by atoms with Gasteiger partial charge in [-0.3, -0.25) is 4.79 Å². The third kappa shape index (κ3) is 2.78. The molecule has 0 aliphatic heterocycles. The Hall–Kier alpha value is -2.67. The van der Waals surface area contributed by atoms with Crippen molar-refractivity contribution in [3.8, 4) is 0 Å². The number of rotatable bonds is 5. The molecule has 3 aromatic rings. The molecule has 8 heteroatoms. The number of nitrogens with zero attached hydrogens (tertiary/aromatic N) is 3. The molecule has 0 unspecified atom stereocenters. The third-order valence-corrected chi connectivity index (χ3v) is 4.04. The molecule has 0 atom stereocenters. The van der Waals surface area contributed by atoms with Crippen LogP contribution in [0.5, 0.6) is 0 Å². The molecule has 24 heavy (non-hydrogen) atoms. The first-order chi connectivity index (χ1) is 11.6. The van der Waals surface area contributed by atoms with Crippen molar-refractivity contribution in [2.45, 2.75) is 18.9 Å². The lowest BCUT2D eigenvalue weighted by atomic mass is 10.3. The molecule has 1 saturated carbocycles. The number of carbonyl (C=O) groups excluding carboxylic acids is 1. The summed E-state index contributed by atoms with van der Waals surface area (Å²) in [5.41, 5.74) is 1.45. The summed E-state index contributed by atoms with van der Waals surface area (Å²) in [6, 6.07) is 6.53. The molecule has 1 fully saturated rings. The zero-order chi connectivity index (χ0) is 16.7. The average Bonchev–Trinajstić information content (AvgIpc) is 3.28. The van der Waals surface area contributed by atoms with Crippen molar-refractivity contribution in [3.63, 3.8) is 0 Å². The molecule has 122 valence electrons. The average molecular weight is 346 g/mol. The first-order valence-corrected chi connectivity index (χ1v) is 7.84. The van der Waals surface area contributed by atoms with E-state index in [1.165, 1.54) is 18.3 Å². The highest BCUT2D eigenvalue weighted by Crippen LogP contribution is 2.28. The summed E-state index contributed by atoms with van der Waals surface area (Å²) >= 11 is 5.81. The number of hydrogen-bond donors (Lipinski definition) is 2. The molecule has 0 spiro atoms. The van der Waals surface area contributed by atoms with E-state index in [2.05, 4.69) is 20.7 Å². The SMILES string of the molecule is O=Cc1cnn2c(NC3CC3)cc(Nc3ccc(F)c(Cl)c3)nc12. The van der Waals surface area contributed by atoms with E-state index in [1.54, 1.807) is 16.6 Å². The van der Waals surface area contributed by atoms with E-state index >= 15 is 0 Å². The van der Waals surface area contributed by atoms with Gasteiger partial charge >= 0.3 is 0 Å². The number of anilines is 3. The molecule has 0 radical (unpaired) electrons. The minimum absolute atomic E-state index is 0.0235. The highest BCUT2D eigenvalue weighted by molar-refractivity contribution is 6.31. The van der Waals surface area contributed by atoms with Crippen LogP contribution in [0.4, 0.5) is 21.7 Å². The van der Waals surface area contributed by atoms with Crippen LogP contribution in [0.3, 0.4) is 0 Å². The fourth-order valence-corrected chi connectivity index (χ4v) is 2.57. The highest BCUT2D eigenvalue weighted by atomic mass is 35.5. The Kier molecular flexibility index (Phi) is 3.57. The fourth-order valence-electron chi connectivity index (χ4n) is 2.39. The van der Waals surface area contributed by atoms with Crippen molar-refractivity contribution in [2.24, 2.45) is 0 Å². The number of carbonyl (C=O) groups is 1. The van der Waals surface area contributed by atoms with Crippen LogP contribution >= 0.6 is 11.6 Å². The zero-order valence-corrected chi connectivity index (χ0v) is 13.2. The Bertz CT molecular complexity index is 938. The fraction of sp³-hybridized carbons (Fsp3) is 0.188. The third-order valence-electron chi connectivity index (χ3n) is 3.75. The predicted octanol–water partition coefficient (Wildman–Crippen LogP) is 3.65. The van der Waals surface area contributed by atoms with Gasteiger partial charge in [0.2, 0.25) is 0 Å². The normalized spacial score (nSPS) is 13.9. The van der Waals surface area contributed by atoms with Crippen LogP contribution in [0.1, 0.15) is 23.2 Å². The second-order valence-electron chi connectivity index (χ2n) is 5.65. The predicted molar refractivity (Wildman–Crippen MR) is 89.7 cm³/mol. The summed E-state index contributed by atoms with van der Waals surface area (Å²) in [7, 11) is 0. The molecular formula is C16H13ClFN5O. The van der Waals surface area contributed by atoms with Crippen LogP contribution in [0.2, 0.25) is 5.02 Å². The van der Waals surface area contributed by atoms with Crippen LogP contribution in [-0.2, 0) is 0 Å². The maximum Gasteiger partial charge on any atom is 0.170 e. The molecule has 1 aromatic carbocycles. The van der Waals surface area contributed by atoms with Gasteiger partial charge in [0.25, 0.3) is 0 Å². The van der Waals surface area contributed by atoms with E-state index in [4.69, 9.17) is 11.6 Å². The largest absolute Gasteiger partial charge is 0.367 e. The number of hydrogen-bond acceptors (Lipinski definition) is 5. The van der Waals surface area contributed by atoms with E-state index in [0.29, 0.717) is 28.8 Å². The second-order valence-corrected chi connectivity index (χ2v) is 6.06. The van der Waals surface area contributed by atoms with Gasteiger partial charge in [-0.05, 0) is 31.0 Å². The van der Waals surface area contributed by atoms with Crippen molar-refractivity contribution in [3.05, 3.63) is 46.9 Å². The first-order valence-electron chi connectivity index (χ1n) is 7.46. The summed E-state index contributed by atoms with van der Waals surface area (Å²) in [6.07, 6.45) is 4.39. The lowest BCUT2D eigenvalue weighted by Gasteiger charge is -2.11. The number of halogens is 2. The van der Waals surface area contributed by atoms with Gasteiger partial charge in [-0.25, -0.2) is 9.37 Å². The first kappa shape index (κ1) is 14.9. The maximum atomic E-state index is 13.3. The maximum absolute atomic E-state index is 13.3. The Morgan fingerprint density at radius 3 is 2.88 bits per heavy atom. The monoisotopic (exact) mass is 345 g/mol. The Morgan fingerprint density at radius 2 is 2.17 bits per heavy atom. The van der Waals surface area contributed by atoms with Gasteiger partial charge in [0.05, 0.1) is 16.8 Å². The zero-order valence-electron chi connectivity index (χ0n) is 12.5. The molecule has 6 nitrogen and oxygen atoms in total. The lowest BCUT2D eigenvalue weighted by molar-refractivity contribution is 0.112. The van der Waals surface area contributed by atoms with E-state index in [9.17, 15) is 9.18 Å². The summed E-state index contributed by atoms with van der Waals surface area (Å²) in [5.74, 6) is 0.768. The van der Waals surface area contributed by atoms with Gasteiger partial charge in [0.15, 0.2) is 11.9 Å². The van der Waals surface area contributed by atoms with Gasteiger partial charge in [-0.15, -0.1) is 0 Å². The molecule has 0 amide bonds. The van der Waals surface area contributed by atoms with E-state index in [0.717, 1.165) is 24.9 Å². The summed E-state index contributed by atoms with van der Waals surface area (Å²) in [4.78, 5) is 15.6. The Balaban J connectivity index is 1.75. The molecule has 2 N–H and O–H groups in total. The van der Waals surface area contributed by atoms with Gasteiger partial charge in [-0.1, -0.05) is 11.6 Å². The number of benzene rings is 1. The van der Waals surface area contributed by atoms with Crippen LogP contribution in [0.25, 0.3) is 5.65 Å². The number of aromatic nitrogens is 3. The van der Waals surface area contributed by atoms with E-state index in [-0.39, 0.29) is 5.02 Å². The van der Waals surface area contributed by atoms with Crippen LogP contribution in [-0.4, -0.2) is 26.9 Å². The van der Waals surface area contributed by atoms with Crippen molar-refractivity contribution >= 4 is 40.9 Å². The van der Waals surface area contributed by atoms with Gasteiger partial charge < -0.3 is 10.6 Å². The van der Waals surface area contributed by atoms with Crippen molar-refractivity contribution < 1.29 is 9.18 Å². The van der Waals surface area contributed by atoms with Gasteiger partial charge in [-0.2, -0.15) is 9.61 Å². The summed E-state index contributed by atoms with van der Waals surface area (Å²) < 4.78 is 14.9. The molecule has 4 rings (SSSR count). The van der Waals surface area contributed by atoms with E-state index < -0.39 is 5.82 Å². The smallest absolute Gasteiger partial charge is 0.170 e. The molecular weight excluding hydrogens is 333 g/mol. The molecule has 2 heterocycles. The van der Waals surface area contributed by atoms with Crippen LogP contribution < -0.4 is 10.6 Å². The Morgan fingerprint density at radius 1 is 1.33 bits per heavy atom. The van der Waals surface area contributed by atoms with Crippen molar-refractivity contribution in [2.75, 3.05) is 10.6 Å². The molecule has 0 bridgehead atoms. The summed E-state index contributed by atoms with van der Waals surface area (Å²) in [5, 5.41) is 10.7. The molecule has 1 aliphatic rings. The standard InChI is InChI=1S/C16H13ClFN5O/c17-12-5-11(3-4-13(12)18)20-14-6-15(21-10-1-2-10)23-16(22-14)9(8-24)7-19-23/h3-8,10,21H,1-2H2,(H,20,22). The molecule has 2 aromatic heterocycles. The van der Waals surface area contributed by atoms with Crippen LogP contribution in [0.15, 0.2) is 30.5 Å². The molecule has 0 saturated heterocycles. The minimum Gasteiger partial charge on any atom is -0.367 e. The van der Waals surface area contributed by atoms with Gasteiger partial charge in [0.1, 0.15) is 17.5 Å². The lowest BCUT2D eigenvalue weighted by Crippen LogP contribution is -2.09. The summed E-state index contributed by atoms with van der Waals surface area (Å²) in [6.45, 7) is 0. The van der Waals surface area contributed by atoms with Crippen LogP contribution in [0, 0.1) is 5.82 Å². The highest BCUT2D eigenvalue weighted by Gasteiger charge is 2.23. The minimum atomic E-state index is -0.485. The van der Waals surface area contributed by atoms with Crippen molar-refractivity contribution in [1.29, 1.82) is 0 Å². The number of fused-ring (bicyclic) bond motifs is 1. The number of nitrogens with one attached hydrogen (secondary N) is 2. The second kappa shape index (κ2) is 5.76. The van der Waals surface area contributed by atoms with Gasteiger partial charge in [0, 0.05) is 17.8 Å². The quantitative estimate of drug-likeness (QED) is 0.691. The van der Waals surface area contributed by atoms with E-state index in [1.807, 2.05) is 0 Å². The van der Waals surface area contributed by atoms with Crippen molar-refractivity contribution in [1.82, 2.24) is 14.6 Å². The Labute approximate surface area is 141 Å². The molecule has 1 aliphatic carbocycles.